The van der Waals surface area contributed by atoms with Crippen molar-refractivity contribution in [3.8, 4) is 0 Å². The second kappa shape index (κ2) is 6.70. The molecule has 0 unspecified atom stereocenters. The number of aromatic nitrogens is 1. The number of amides is 2. The maximum atomic E-state index is 12.5. The first-order valence-electron chi connectivity index (χ1n) is 7.89. The Morgan fingerprint density at radius 3 is 2.54 bits per heavy atom. The Balaban J connectivity index is 1.71. The summed E-state index contributed by atoms with van der Waals surface area (Å²) in [7, 11) is 1.93. The van der Waals surface area contributed by atoms with E-state index in [1.807, 2.05) is 48.3 Å². The molecule has 6 nitrogen and oxygen atoms in total. The molecule has 1 atom stereocenters. The third-order valence-corrected chi connectivity index (χ3v) is 4.36. The lowest BCUT2D eigenvalue weighted by Gasteiger charge is -2.19. The molecule has 2 amide bonds. The predicted molar refractivity (Wildman–Crippen MR) is 91.9 cm³/mol. The minimum Gasteiger partial charge on any atom is -0.369 e. The molecule has 1 saturated heterocycles. The van der Waals surface area contributed by atoms with Gasteiger partial charge in [-0.05, 0) is 30.7 Å². The Kier molecular flexibility index (Phi) is 4.46. The van der Waals surface area contributed by atoms with Crippen molar-refractivity contribution in [1.29, 1.82) is 0 Å². The monoisotopic (exact) mass is 324 g/mol. The maximum Gasteiger partial charge on any atom is 0.255 e. The Morgan fingerprint density at radius 2 is 1.96 bits per heavy atom. The van der Waals surface area contributed by atoms with E-state index in [0.717, 1.165) is 11.5 Å². The topological polar surface area (TPSA) is 79.5 Å². The largest absolute Gasteiger partial charge is 0.369 e. The number of rotatable bonds is 4. The number of likely N-dealkylation sites (tertiary alicyclic amines) is 1. The highest BCUT2D eigenvalue weighted by Gasteiger charge is 2.30. The highest BCUT2D eigenvalue weighted by molar-refractivity contribution is 5.95. The van der Waals surface area contributed by atoms with Gasteiger partial charge in [-0.1, -0.05) is 18.2 Å². The van der Waals surface area contributed by atoms with Crippen LogP contribution in [0.3, 0.4) is 0 Å². The van der Waals surface area contributed by atoms with Crippen molar-refractivity contribution in [3.05, 3.63) is 54.2 Å². The van der Waals surface area contributed by atoms with Gasteiger partial charge in [0.15, 0.2) is 0 Å². The molecule has 2 N–H and O–H groups in total. The van der Waals surface area contributed by atoms with Crippen LogP contribution in [0.1, 0.15) is 16.8 Å². The van der Waals surface area contributed by atoms with E-state index in [-0.39, 0.29) is 17.7 Å². The fourth-order valence-electron chi connectivity index (χ4n) is 2.85. The van der Waals surface area contributed by atoms with Crippen molar-refractivity contribution in [2.75, 3.05) is 25.0 Å². The fourth-order valence-corrected chi connectivity index (χ4v) is 2.85. The number of carbonyl (C=O) groups is 2. The summed E-state index contributed by atoms with van der Waals surface area (Å²) >= 11 is 0. The summed E-state index contributed by atoms with van der Waals surface area (Å²) in [5.41, 5.74) is 6.85. The van der Waals surface area contributed by atoms with Crippen molar-refractivity contribution in [3.63, 3.8) is 0 Å². The van der Waals surface area contributed by atoms with E-state index >= 15 is 0 Å². The summed E-state index contributed by atoms with van der Waals surface area (Å²) in [5, 5.41) is 0. The second-order valence-corrected chi connectivity index (χ2v) is 5.94. The lowest BCUT2D eigenvalue weighted by molar-refractivity contribution is -0.121. The summed E-state index contributed by atoms with van der Waals surface area (Å²) < 4.78 is 0. The molecule has 1 fully saturated rings. The van der Waals surface area contributed by atoms with Gasteiger partial charge in [-0.25, -0.2) is 4.98 Å². The Morgan fingerprint density at radius 1 is 1.21 bits per heavy atom. The Hall–Kier alpha value is -2.89. The predicted octanol–water partition coefficient (Wildman–Crippen LogP) is 1.80. The van der Waals surface area contributed by atoms with Gasteiger partial charge in [0.25, 0.3) is 5.91 Å². The number of primary amides is 1. The number of nitrogens with zero attached hydrogens (tertiary/aromatic N) is 3. The van der Waals surface area contributed by atoms with Crippen molar-refractivity contribution >= 4 is 23.3 Å². The molecule has 0 spiro atoms. The third kappa shape index (κ3) is 3.22. The number of pyridine rings is 1. The zero-order valence-electron chi connectivity index (χ0n) is 13.6. The van der Waals surface area contributed by atoms with E-state index in [1.54, 1.807) is 17.2 Å². The Bertz CT molecular complexity index is 730. The minimum atomic E-state index is -0.344. The van der Waals surface area contributed by atoms with E-state index in [0.29, 0.717) is 25.1 Å². The first-order valence-corrected chi connectivity index (χ1v) is 7.89. The Labute approximate surface area is 140 Å². The summed E-state index contributed by atoms with van der Waals surface area (Å²) in [6.45, 7) is 0.942. The normalized spacial score (nSPS) is 16.9. The molecular formula is C18H20N4O2. The molecule has 0 radical (unpaired) electrons. The number of hydrogen-bond donors (Lipinski definition) is 1. The molecule has 2 heterocycles. The van der Waals surface area contributed by atoms with Crippen LogP contribution in [0, 0.1) is 5.92 Å². The van der Waals surface area contributed by atoms with E-state index in [4.69, 9.17) is 5.73 Å². The van der Waals surface area contributed by atoms with Crippen LogP contribution in [0.5, 0.6) is 0 Å². The molecule has 0 saturated carbocycles. The van der Waals surface area contributed by atoms with Crippen LogP contribution in [0.4, 0.5) is 11.5 Å². The van der Waals surface area contributed by atoms with Crippen LogP contribution in [0.2, 0.25) is 0 Å². The summed E-state index contributed by atoms with van der Waals surface area (Å²) in [4.78, 5) is 31.7. The van der Waals surface area contributed by atoms with Crippen molar-refractivity contribution in [2.24, 2.45) is 11.7 Å². The minimum absolute atomic E-state index is 0.111. The lowest BCUT2D eigenvalue weighted by Crippen LogP contribution is -2.31. The van der Waals surface area contributed by atoms with Crippen LogP contribution in [0.15, 0.2) is 48.7 Å². The number of nitrogens with two attached hydrogens (primary N) is 1. The van der Waals surface area contributed by atoms with Crippen LogP contribution < -0.4 is 10.6 Å². The first kappa shape index (κ1) is 16.0. The molecule has 124 valence electrons. The van der Waals surface area contributed by atoms with Gasteiger partial charge in [0.1, 0.15) is 5.82 Å². The van der Waals surface area contributed by atoms with Gasteiger partial charge in [-0.15, -0.1) is 0 Å². The molecule has 0 bridgehead atoms. The average Bonchev–Trinajstić information content (AvgIpc) is 3.12. The first-order chi connectivity index (χ1) is 11.6. The number of benzene rings is 1. The van der Waals surface area contributed by atoms with Crippen LogP contribution in [0.25, 0.3) is 0 Å². The van der Waals surface area contributed by atoms with E-state index in [1.165, 1.54) is 0 Å². The maximum absolute atomic E-state index is 12.5. The SMILES string of the molecule is CN(c1ccccc1)c1ccc(C(=O)N2CC[C@H](C(N)=O)C2)cn1. The zero-order chi connectivity index (χ0) is 17.1. The van der Waals surface area contributed by atoms with E-state index in [9.17, 15) is 9.59 Å². The van der Waals surface area contributed by atoms with Gasteiger partial charge in [-0.2, -0.15) is 0 Å². The fraction of sp³-hybridized carbons (Fsp3) is 0.278. The van der Waals surface area contributed by atoms with E-state index in [2.05, 4.69) is 4.98 Å². The molecule has 3 rings (SSSR count). The van der Waals surface area contributed by atoms with Gasteiger partial charge in [0.2, 0.25) is 5.91 Å². The third-order valence-electron chi connectivity index (χ3n) is 4.36. The molecular weight excluding hydrogens is 304 g/mol. The molecule has 6 heteroatoms. The molecule has 1 aromatic heterocycles. The molecule has 1 aliphatic heterocycles. The molecule has 0 aliphatic carbocycles. The average molecular weight is 324 g/mol. The standard InChI is InChI=1S/C18H20N4O2/c1-21(15-5-3-2-4-6-15)16-8-7-13(11-20-16)18(24)22-10-9-14(12-22)17(19)23/h2-8,11,14H,9-10,12H2,1H3,(H2,19,23)/t14-/m0/s1. The van der Waals surface area contributed by atoms with Crippen molar-refractivity contribution in [2.45, 2.75) is 6.42 Å². The second-order valence-electron chi connectivity index (χ2n) is 5.94. The van der Waals surface area contributed by atoms with Gasteiger partial charge < -0.3 is 15.5 Å². The highest BCUT2D eigenvalue weighted by atomic mass is 16.2. The number of carbonyl (C=O) groups excluding carboxylic acids is 2. The number of anilines is 2. The number of para-hydroxylation sites is 1. The quantitative estimate of drug-likeness (QED) is 0.930. The molecule has 1 aromatic carbocycles. The van der Waals surface area contributed by atoms with E-state index < -0.39 is 0 Å². The van der Waals surface area contributed by atoms with Gasteiger partial charge in [0.05, 0.1) is 11.5 Å². The van der Waals surface area contributed by atoms with Gasteiger partial charge >= 0.3 is 0 Å². The van der Waals surface area contributed by atoms with Crippen LogP contribution >= 0.6 is 0 Å². The smallest absolute Gasteiger partial charge is 0.255 e. The molecule has 2 aromatic rings. The highest BCUT2D eigenvalue weighted by Crippen LogP contribution is 2.22. The zero-order valence-corrected chi connectivity index (χ0v) is 13.6. The van der Waals surface area contributed by atoms with Crippen molar-refractivity contribution < 1.29 is 9.59 Å². The van der Waals surface area contributed by atoms with Crippen LogP contribution in [-0.2, 0) is 4.79 Å². The van der Waals surface area contributed by atoms with Crippen molar-refractivity contribution in [1.82, 2.24) is 9.88 Å². The molecule has 24 heavy (non-hydrogen) atoms. The molecule has 1 aliphatic rings. The summed E-state index contributed by atoms with van der Waals surface area (Å²) in [5.74, 6) is 0.0583. The summed E-state index contributed by atoms with van der Waals surface area (Å²) in [6, 6.07) is 13.5. The number of hydrogen-bond acceptors (Lipinski definition) is 4. The van der Waals surface area contributed by atoms with Gasteiger partial charge in [-0.3, -0.25) is 9.59 Å². The van der Waals surface area contributed by atoms with Crippen LogP contribution in [-0.4, -0.2) is 41.8 Å². The summed E-state index contributed by atoms with van der Waals surface area (Å²) in [6.07, 6.45) is 2.21. The van der Waals surface area contributed by atoms with Gasteiger partial charge in [0, 0.05) is 32.0 Å². The lowest BCUT2D eigenvalue weighted by atomic mass is 10.1.